The van der Waals surface area contributed by atoms with Crippen molar-refractivity contribution in [2.75, 3.05) is 25.2 Å². The van der Waals surface area contributed by atoms with Gasteiger partial charge in [0.1, 0.15) is 23.8 Å². The van der Waals surface area contributed by atoms with Gasteiger partial charge in [-0.25, -0.2) is 14.2 Å². The fraction of sp³-hybridized carbons (Fsp3) is 0.364. The van der Waals surface area contributed by atoms with E-state index < -0.39 is 18.4 Å². The van der Waals surface area contributed by atoms with Gasteiger partial charge in [-0.3, -0.25) is 14.2 Å². The Kier molecular flexibility index (Phi) is 8.84. The number of hydrogen-bond acceptors (Lipinski definition) is 14. The number of azo groups is 2. The van der Waals surface area contributed by atoms with Crippen molar-refractivity contribution >= 4 is 46.4 Å². The maximum Gasteiger partial charge on any atom is 0.343 e. The first kappa shape index (κ1) is 29.3. The summed E-state index contributed by atoms with van der Waals surface area (Å²) in [6.45, 7) is 2.92. The van der Waals surface area contributed by atoms with E-state index in [0.29, 0.717) is 40.2 Å². The van der Waals surface area contributed by atoms with Crippen LogP contribution in [0.25, 0.3) is 0 Å². The van der Waals surface area contributed by atoms with E-state index in [1.807, 2.05) is 0 Å². The van der Waals surface area contributed by atoms with Crippen LogP contribution in [0.3, 0.4) is 0 Å². The molecule has 0 radical (unpaired) electrons. The van der Waals surface area contributed by atoms with Crippen molar-refractivity contribution in [1.82, 2.24) is 39.1 Å². The first-order chi connectivity index (χ1) is 18.9. The number of aliphatic hydroxyl groups excluding tert-OH is 1. The summed E-state index contributed by atoms with van der Waals surface area (Å²) in [4.78, 5) is 23.1. The Balaban J connectivity index is 0.000000220. The number of hydrogen-bond donors (Lipinski definition) is 3. The fourth-order valence-corrected chi connectivity index (χ4v) is 3.41. The average molecular weight is 555 g/mol. The van der Waals surface area contributed by atoms with Gasteiger partial charge in [0.15, 0.2) is 28.8 Å². The van der Waals surface area contributed by atoms with Crippen LogP contribution >= 0.6 is 0 Å². The van der Waals surface area contributed by atoms with Gasteiger partial charge in [0.25, 0.3) is 0 Å². The molecule has 4 rings (SSSR count). The monoisotopic (exact) mass is 554 g/mol. The first-order valence-electron chi connectivity index (χ1n) is 11.6. The third-order valence-electron chi connectivity index (χ3n) is 5.62. The molecule has 0 aliphatic carbocycles. The number of nitrogen functional groups attached to an aromatic ring is 2. The van der Waals surface area contributed by atoms with Crippen LogP contribution in [-0.2, 0) is 32.9 Å². The predicted molar refractivity (Wildman–Crippen MR) is 142 cm³/mol. The summed E-state index contributed by atoms with van der Waals surface area (Å²) >= 11 is 0. The summed E-state index contributed by atoms with van der Waals surface area (Å²) in [5, 5.41) is 41.2. The zero-order valence-corrected chi connectivity index (χ0v) is 23.1. The zero-order valence-electron chi connectivity index (χ0n) is 23.1. The smallest absolute Gasteiger partial charge is 0.343 e. The highest BCUT2D eigenvalue weighted by molar-refractivity contribution is 6.00. The lowest BCUT2D eigenvalue weighted by Gasteiger charge is -1.98. The molecule has 0 atom stereocenters. The highest BCUT2D eigenvalue weighted by Gasteiger charge is 2.18. The van der Waals surface area contributed by atoms with Crippen LogP contribution in [0.5, 0.6) is 0 Å². The maximum atomic E-state index is 11.6. The van der Waals surface area contributed by atoms with E-state index in [9.17, 15) is 9.59 Å². The molecular formula is C22H30N14O4. The number of nitrogens with two attached hydrogens (primary N) is 2. The van der Waals surface area contributed by atoms with E-state index >= 15 is 0 Å². The molecule has 0 spiro atoms. The van der Waals surface area contributed by atoms with E-state index in [0.717, 1.165) is 0 Å². The molecule has 0 unspecified atom stereocenters. The molecule has 4 aromatic heterocycles. The lowest BCUT2D eigenvalue weighted by molar-refractivity contribution is 0.0601. The minimum Gasteiger partial charge on any atom is -0.465 e. The number of ketones is 1. The molecule has 0 fully saturated rings. The molecule has 0 saturated carbocycles. The van der Waals surface area contributed by atoms with Crippen molar-refractivity contribution in [3.8, 4) is 0 Å². The van der Waals surface area contributed by atoms with Crippen LogP contribution < -0.4 is 11.5 Å². The Morgan fingerprint density at radius 2 is 1.23 bits per heavy atom. The molecule has 4 aromatic rings. The van der Waals surface area contributed by atoms with Crippen molar-refractivity contribution < 1.29 is 19.4 Å². The van der Waals surface area contributed by atoms with E-state index in [2.05, 4.69) is 45.6 Å². The topological polar surface area (TPSA) is 236 Å². The van der Waals surface area contributed by atoms with Gasteiger partial charge in [-0.05, 0) is 13.8 Å². The average Bonchev–Trinajstić information content (AvgIpc) is 3.62. The standard InChI is InChI=1S/2C11H15N7O2/c1-6-8(9(12)17(2)16-6)14-15-10-7(11(19)20-4)5-13-18(10)3;1-6-9(10(12)17(2)16-6)14-15-11-7(8(20)5-19)4-13-18(11)3/h5H,12H2,1-4H3;4,19H,5,12H2,1-3H3. The number of anilines is 2. The van der Waals surface area contributed by atoms with Gasteiger partial charge in [-0.1, -0.05) is 0 Å². The molecule has 0 bridgehead atoms. The molecule has 0 aliphatic rings. The number of methoxy groups -OCH3 is 1. The van der Waals surface area contributed by atoms with E-state index in [1.165, 1.54) is 38.2 Å². The summed E-state index contributed by atoms with van der Waals surface area (Å²) in [5.74, 6) is 0.327. The number of nitrogens with zero attached hydrogens (tertiary/aromatic N) is 12. The van der Waals surface area contributed by atoms with Gasteiger partial charge in [0.05, 0.1) is 36.5 Å². The first-order valence-corrected chi connectivity index (χ1v) is 11.6. The molecular weight excluding hydrogens is 524 g/mol. The lowest BCUT2D eigenvalue weighted by atomic mass is 10.2. The van der Waals surface area contributed by atoms with Crippen LogP contribution in [-0.4, -0.2) is 69.7 Å². The van der Waals surface area contributed by atoms with E-state index in [1.54, 1.807) is 42.0 Å². The number of carbonyl (C=O) groups excluding carboxylic acids is 2. The van der Waals surface area contributed by atoms with Crippen LogP contribution in [0.1, 0.15) is 32.1 Å². The van der Waals surface area contributed by atoms with Crippen molar-refractivity contribution in [1.29, 1.82) is 0 Å². The molecule has 0 aromatic carbocycles. The Bertz CT molecular complexity index is 1480. The largest absolute Gasteiger partial charge is 0.465 e. The molecule has 4 heterocycles. The summed E-state index contributed by atoms with van der Waals surface area (Å²) in [6.07, 6.45) is 2.71. The third kappa shape index (κ3) is 5.90. The summed E-state index contributed by atoms with van der Waals surface area (Å²) in [6, 6.07) is 0. The molecule has 0 saturated heterocycles. The second kappa shape index (κ2) is 12.1. The van der Waals surface area contributed by atoms with Gasteiger partial charge >= 0.3 is 5.97 Å². The minimum absolute atomic E-state index is 0.207. The summed E-state index contributed by atoms with van der Waals surface area (Å²) in [5.41, 5.74) is 14.3. The number of aliphatic hydroxyl groups is 1. The number of aromatic nitrogens is 8. The van der Waals surface area contributed by atoms with Crippen molar-refractivity contribution in [2.45, 2.75) is 13.8 Å². The Hall–Kier alpha value is -5.26. The summed E-state index contributed by atoms with van der Waals surface area (Å²) < 4.78 is 10.5. The van der Waals surface area contributed by atoms with Gasteiger partial charge < -0.3 is 21.3 Å². The van der Waals surface area contributed by atoms with Gasteiger partial charge in [0, 0.05) is 28.2 Å². The van der Waals surface area contributed by atoms with Crippen molar-refractivity contribution in [3.63, 3.8) is 0 Å². The Morgan fingerprint density at radius 3 is 1.60 bits per heavy atom. The second-order valence-corrected chi connectivity index (χ2v) is 8.37. The quantitative estimate of drug-likeness (QED) is 0.170. The minimum atomic E-state index is -0.609. The molecule has 0 aliphatic heterocycles. The van der Waals surface area contributed by atoms with Crippen LogP contribution in [0.4, 0.5) is 34.6 Å². The molecule has 0 amide bonds. The fourth-order valence-electron chi connectivity index (χ4n) is 3.41. The normalized spacial score (nSPS) is 11.3. The number of rotatable bonds is 7. The third-order valence-corrected chi connectivity index (χ3v) is 5.62. The number of ether oxygens (including phenoxy) is 1. The van der Waals surface area contributed by atoms with E-state index in [4.69, 9.17) is 16.6 Å². The van der Waals surface area contributed by atoms with E-state index in [-0.39, 0.29) is 16.9 Å². The SMILES string of the molecule is COC(=O)c1cnn(C)c1N=Nc1c(C)nn(C)c1N.Cc1nn(C)c(N)c1N=Nc1c(C(=O)CO)cnn1C. The zero-order chi connectivity index (χ0) is 29.7. The molecule has 18 nitrogen and oxygen atoms in total. The maximum absolute atomic E-state index is 11.6. The number of carbonyl (C=O) groups is 2. The van der Waals surface area contributed by atoms with Crippen molar-refractivity contribution in [3.05, 3.63) is 34.9 Å². The molecule has 40 heavy (non-hydrogen) atoms. The Morgan fingerprint density at radius 1 is 0.800 bits per heavy atom. The second-order valence-electron chi connectivity index (χ2n) is 8.37. The van der Waals surface area contributed by atoms with Crippen LogP contribution in [0.15, 0.2) is 32.9 Å². The van der Waals surface area contributed by atoms with Crippen molar-refractivity contribution in [2.24, 2.45) is 48.6 Å². The highest BCUT2D eigenvalue weighted by atomic mass is 16.5. The lowest BCUT2D eigenvalue weighted by Crippen LogP contribution is -2.03. The Labute approximate surface area is 227 Å². The van der Waals surface area contributed by atoms with Crippen LogP contribution in [0, 0.1) is 13.8 Å². The number of esters is 1. The predicted octanol–water partition coefficient (Wildman–Crippen LogP) is 1.88. The van der Waals surface area contributed by atoms with Crippen LogP contribution in [0.2, 0.25) is 0 Å². The molecule has 5 N–H and O–H groups in total. The molecule has 212 valence electrons. The highest BCUT2D eigenvalue weighted by Crippen LogP contribution is 2.30. The van der Waals surface area contributed by atoms with Gasteiger partial charge in [0.2, 0.25) is 0 Å². The molecule has 18 heteroatoms. The number of Topliss-reactive ketones (excluding diaryl/α,β-unsaturated/α-hetero) is 1. The van der Waals surface area contributed by atoms with Gasteiger partial charge in [-0.2, -0.15) is 20.4 Å². The van der Waals surface area contributed by atoms with Gasteiger partial charge in [-0.15, -0.1) is 20.5 Å². The summed E-state index contributed by atoms with van der Waals surface area (Å²) in [7, 11) is 7.99. The number of aryl methyl sites for hydroxylation is 6.